The summed E-state index contributed by atoms with van der Waals surface area (Å²) in [5.41, 5.74) is 0.529. The molecule has 0 atom stereocenters. The van der Waals surface area contributed by atoms with Gasteiger partial charge in [-0.3, -0.25) is 0 Å². The van der Waals surface area contributed by atoms with E-state index in [1.807, 2.05) is 0 Å². The Labute approximate surface area is 120 Å². The molecule has 2 aromatic rings. The smallest absolute Gasteiger partial charge is 0.395 e. The molecule has 2 heterocycles. The highest BCUT2D eigenvalue weighted by atomic mass is 127. The van der Waals surface area contributed by atoms with Gasteiger partial charge in [-0.15, -0.1) is 8.78 Å². The highest BCUT2D eigenvalue weighted by Crippen LogP contribution is 2.42. The average Bonchev–Trinajstić information content (AvgIpc) is 2.65. The molecule has 1 aromatic heterocycles. The monoisotopic (exact) mass is 377 g/mol. The van der Waals surface area contributed by atoms with Crippen molar-refractivity contribution in [2.45, 2.75) is 6.29 Å². The minimum atomic E-state index is -3.61. The van der Waals surface area contributed by atoms with Crippen LogP contribution in [0, 0.1) is 3.57 Å². The number of aromatic nitrogens is 2. The van der Waals surface area contributed by atoms with E-state index in [0.717, 1.165) is 3.57 Å². The number of ether oxygens (including phenoxy) is 2. The number of rotatable bonds is 2. The van der Waals surface area contributed by atoms with Gasteiger partial charge in [-0.2, -0.15) is 0 Å². The Kier molecular flexibility index (Phi) is 2.88. The number of hydrogen-bond acceptors (Lipinski definition) is 5. The molecular weight excluding hydrogens is 371 g/mol. The van der Waals surface area contributed by atoms with E-state index >= 15 is 0 Å². The van der Waals surface area contributed by atoms with Crippen molar-refractivity contribution in [1.29, 1.82) is 0 Å². The number of fused-ring (bicyclic) bond motifs is 1. The summed E-state index contributed by atoms with van der Waals surface area (Å²) in [6.07, 6.45) is -0.339. The van der Waals surface area contributed by atoms with E-state index < -0.39 is 6.29 Å². The van der Waals surface area contributed by atoms with Gasteiger partial charge in [-0.1, -0.05) is 0 Å². The van der Waals surface area contributed by atoms with Gasteiger partial charge in [-0.25, -0.2) is 9.97 Å². The molecule has 8 heteroatoms. The zero-order chi connectivity index (χ0) is 13.5. The summed E-state index contributed by atoms with van der Waals surface area (Å²) in [4.78, 5) is 8.09. The molecule has 0 saturated heterocycles. The van der Waals surface area contributed by atoms with Crippen LogP contribution in [0.2, 0.25) is 0 Å². The largest absolute Gasteiger partial charge is 0.586 e. The minimum absolute atomic E-state index is 0.000853. The predicted molar refractivity (Wildman–Crippen MR) is 70.7 cm³/mol. The fraction of sp³-hybridized carbons (Fsp3) is 0.0909. The zero-order valence-corrected chi connectivity index (χ0v) is 11.4. The minimum Gasteiger partial charge on any atom is -0.395 e. The summed E-state index contributed by atoms with van der Waals surface area (Å²) in [5.74, 6) is 0.339. The van der Waals surface area contributed by atoms with Crippen LogP contribution in [-0.4, -0.2) is 16.3 Å². The Morgan fingerprint density at radius 2 is 1.79 bits per heavy atom. The summed E-state index contributed by atoms with van der Waals surface area (Å²) >= 11 is 2.08. The number of nitrogens with zero attached hydrogens (tertiary/aromatic N) is 2. The lowest BCUT2D eigenvalue weighted by atomic mass is 10.3. The van der Waals surface area contributed by atoms with Crippen LogP contribution in [0.5, 0.6) is 11.5 Å². The quantitative estimate of drug-likeness (QED) is 0.816. The lowest BCUT2D eigenvalue weighted by Crippen LogP contribution is -2.25. The Morgan fingerprint density at radius 3 is 2.53 bits per heavy atom. The molecule has 98 valence electrons. The summed E-state index contributed by atoms with van der Waals surface area (Å²) in [6.45, 7) is 0. The van der Waals surface area contributed by atoms with Gasteiger partial charge in [0.1, 0.15) is 0 Å². The lowest BCUT2D eigenvalue weighted by Gasteiger charge is -2.05. The molecule has 0 amide bonds. The molecule has 1 N–H and O–H groups in total. The maximum absolute atomic E-state index is 12.8. The van der Waals surface area contributed by atoms with Crippen LogP contribution in [0.3, 0.4) is 0 Å². The van der Waals surface area contributed by atoms with Crippen LogP contribution in [0.4, 0.5) is 20.4 Å². The molecule has 0 aliphatic carbocycles. The predicted octanol–water partition coefficient (Wildman–Crippen LogP) is 3.15. The molecule has 0 unspecified atom stereocenters. The first-order valence-electron chi connectivity index (χ1n) is 5.16. The molecule has 1 aromatic carbocycles. The van der Waals surface area contributed by atoms with Gasteiger partial charge in [0.05, 0.1) is 0 Å². The van der Waals surface area contributed by atoms with Crippen LogP contribution < -0.4 is 14.8 Å². The van der Waals surface area contributed by atoms with Crippen molar-refractivity contribution < 1.29 is 18.3 Å². The second-order valence-corrected chi connectivity index (χ2v) is 4.92. The van der Waals surface area contributed by atoms with Crippen molar-refractivity contribution in [2.24, 2.45) is 0 Å². The molecule has 1 aliphatic rings. The number of halogens is 3. The maximum Gasteiger partial charge on any atom is 0.586 e. The standard InChI is InChI=1S/C11H6F2IN3O2/c12-11(13)18-8-2-1-7(3-9(8)19-11)17-10-15-4-6(14)5-16-10/h1-5H,(H,15,16,17). The third-order valence-electron chi connectivity index (χ3n) is 2.28. The van der Waals surface area contributed by atoms with E-state index in [0.29, 0.717) is 11.6 Å². The number of anilines is 2. The van der Waals surface area contributed by atoms with Gasteiger partial charge in [0, 0.05) is 27.7 Å². The van der Waals surface area contributed by atoms with Gasteiger partial charge in [0.15, 0.2) is 11.5 Å². The van der Waals surface area contributed by atoms with Crippen molar-refractivity contribution in [2.75, 3.05) is 5.32 Å². The van der Waals surface area contributed by atoms with Crippen molar-refractivity contribution in [3.63, 3.8) is 0 Å². The van der Waals surface area contributed by atoms with Crippen LogP contribution >= 0.6 is 22.6 Å². The maximum atomic E-state index is 12.8. The Hall–Kier alpha value is -1.71. The third-order valence-corrected chi connectivity index (χ3v) is 2.83. The Morgan fingerprint density at radius 1 is 1.11 bits per heavy atom. The fourth-order valence-electron chi connectivity index (χ4n) is 1.53. The van der Waals surface area contributed by atoms with E-state index in [1.54, 1.807) is 18.5 Å². The summed E-state index contributed by atoms with van der Waals surface area (Å²) in [6, 6.07) is 4.37. The Balaban J connectivity index is 1.82. The second kappa shape index (κ2) is 4.44. The van der Waals surface area contributed by atoms with Crippen LogP contribution in [-0.2, 0) is 0 Å². The fourth-order valence-corrected chi connectivity index (χ4v) is 1.81. The summed E-state index contributed by atoms with van der Waals surface area (Å²) in [5, 5.41) is 2.88. The second-order valence-electron chi connectivity index (χ2n) is 3.68. The highest BCUT2D eigenvalue weighted by Gasteiger charge is 2.43. The van der Waals surface area contributed by atoms with Crippen LogP contribution in [0.25, 0.3) is 0 Å². The summed E-state index contributed by atoms with van der Waals surface area (Å²) < 4.78 is 35.2. The SMILES string of the molecule is FC1(F)Oc2ccc(Nc3ncc(I)cn3)cc2O1. The molecule has 19 heavy (non-hydrogen) atoms. The van der Waals surface area contributed by atoms with Gasteiger partial charge >= 0.3 is 6.29 Å². The molecule has 0 radical (unpaired) electrons. The van der Waals surface area contributed by atoms with Crippen LogP contribution in [0.1, 0.15) is 0 Å². The van der Waals surface area contributed by atoms with Crippen molar-refractivity contribution >= 4 is 34.2 Å². The normalized spacial score (nSPS) is 15.3. The number of benzene rings is 1. The van der Waals surface area contributed by atoms with Crippen molar-refractivity contribution in [3.05, 3.63) is 34.2 Å². The van der Waals surface area contributed by atoms with E-state index in [2.05, 4.69) is 47.3 Å². The van der Waals surface area contributed by atoms with Crippen molar-refractivity contribution in [3.8, 4) is 11.5 Å². The first-order chi connectivity index (χ1) is 9.02. The van der Waals surface area contributed by atoms with Gasteiger partial charge in [-0.05, 0) is 34.7 Å². The number of hydrogen-bond donors (Lipinski definition) is 1. The van der Waals surface area contributed by atoms with Crippen molar-refractivity contribution in [1.82, 2.24) is 9.97 Å². The van der Waals surface area contributed by atoms with E-state index in [-0.39, 0.29) is 11.5 Å². The molecule has 1 aliphatic heterocycles. The highest BCUT2D eigenvalue weighted by molar-refractivity contribution is 14.1. The van der Waals surface area contributed by atoms with Crippen LogP contribution in [0.15, 0.2) is 30.6 Å². The Bertz CT molecular complexity index is 622. The number of alkyl halides is 2. The molecule has 5 nitrogen and oxygen atoms in total. The molecule has 0 spiro atoms. The average molecular weight is 377 g/mol. The molecule has 0 bridgehead atoms. The van der Waals surface area contributed by atoms with E-state index in [9.17, 15) is 8.78 Å². The van der Waals surface area contributed by atoms with Gasteiger partial charge < -0.3 is 14.8 Å². The molecule has 0 saturated carbocycles. The zero-order valence-electron chi connectivity index (χ0n) is 9.23. The summed E-state index contributed by atoms with van der Waals surface area (Å²) in [7, 11) is 0. The topological polar surface area (TPSA) is 56.3 Å². The van der Waals surface area contributed by atoms with Gasteiger partial charge in [0.25, 0.3) is 0 Å². The molecular formula is C11H6F2IN3O2. The molecule has 3 rings (SSSR count). The third kappa shape index (κ3) is 2.67. The van der Waals surface area contributed by atoms with Gasteiger partial charge in [0.2, 0.25) is 5.95 Å². The first-order valence-corrected chi connectivity index (χ1v) is 6.24. The number of nitrogens with one attached hydrogen (secondary N) is 1. The lowest BCUT2D eigenvalue weighted by molar-refractivity contribution is -0.286. The van der Waals surface area contributed by atoms with E-state index in [1.165, 1.54) is 12.1 Å². The first kappa shape index (κ1) is 12.3. The van der Waals surface area contributed by atoms with E-state index in [4.69, 9.17) is 0 Å². The molecule has 0 fully saturated rings.